The van der Waals surface area contributed by atoms with Crippen molar-refractivity contribution < 1.29 is 4.39 Å². The van der Waals surface area contributed by atoms with Gasteiger partial charge in [-0.2, -0.15) is 0 Å². The lowest BCUT2D eigenvalue weighted by atomic mass is 10.2. The number of nitrogen functional groups attached to an aromatic ring is 1. The minimum absolute atomic E-state index is 0. The zero-order valence-corrected chi connectivity index (χ0v) is 7.89. The molecule has 0 bridgehead atoms. The molecule has 0 aliphatic rings. The number of nitrogens with zero attached hydrogens (tertiary/aromatic N) is 3. The van der Waals surface area contributed by atoms with Gasteiger partial charge in [0.15, 0.2) is 0 Å². The van der Waals surface area contributed by atoms with Crippen LogP contribution in [0.1, 0.15) is 0 Å². The van der Waals surface area contributed by atoms with Crippen LogP contribution in [0.2, 0.25) is 0 Å². The summed E-state index contributed by atoms with van der Waals surface area (Å²) in [5, 5.41) is 7.42. The molecule has 0 aliphatic carbocycles. The number of hydrogen-bond acceptors (Lipinski definition) is 5. The Balaban J connectivity index is 0.00000112. The van der Waals surface area contributed by atoms with Crippen LogP contribution in [0.5, 0.6) is 0 Å². The number of halogens is 1. The topological polar surface area (TPSA) is 99.7 Å². The van der Waals surface area contributed by atoms with Crippen LogP contribution in [-0.2, 0) is 0 Å². The molecule has 0 saturated carbocycles. The lowest BCUT2D eigenvalue weighted by Gasteiger charge is -1.98. The fourth-order valence-electron chi connectivity index (χ4n) is 1.04. The number of nitrogens with two attached hydrogens (primary N) is 1. The molecule has 2 aromatic rings. The Kier molecular flexibility index (Phi) is 3.25. The molecule has 0 aliphatic heterocycles. The van der Waals surface area contributed by atoms with Gasteiger partial charge in [0, 0.05) is 5.56 Å². The lowest BCUT2D eigenvalue weighted by Crippen LogP contribution is -1.97. The van der Waals surface area contributed by atoms with Crippen molar-refractivity contribution in [3.05, 3.63) is 36.3 Å². The Morgan fingerprint density at radius 2 is 1.73 bits per heavy atom. The van der Waals surface area contributed by atoms with Gasteiger partial charge < -0.3 is 11.9 Å². The maximum Gasteiger partial charge on any atom is 0.240 e. The van der Waals surface area contributed by atoms with Gasteiger partial charge in [0.1, 0.15) is 11.5 Å². The number of rotatable bonds is 1. The number of benzene rings is 1. The second-order valence-corrected chi connectivity index (χ2v) is 2.71. The normalized spacial score (nSPS) is 9.40. The summed E-state index contributed by atoms with van der Waals surface area (Å²) in [4.78, 5) is 3.79. The first kappa shape index (κ1) is 11.0. The lowest BCUT2D eigenvalue weighted by molar-refractivity contribution is 0.628. The second kappa shape index (κ2) is 4.43. The molecule has 0 radical (unpaired) electrons. The minimum atomic E-state index is -0.287. The van der Waals surface area contributed by atoms with Gasteiger partial charge in [-0.25, -0.2) is 9.37 Å². The molecule has 0 fully saturated rings. The fourth-order valence-corrected chi connectivity index (χ4v) is 1.04. The Morgan fingerprint density at radius 1 is 1.07 bits per heavy atom. The molecular weight excluding hydrogens is 197 g/mol. The van der Waals surface area contributed by atoms with E-state index in [0.717, 1.165) is 5.56 Å². The molecule has 0 unspecified atom stereocenters. The third-order valence-corrected chi connectivity index (χ3v) is 1.72. The zero-order chi connectivity index (χ0) is 9.97. The smallest absolute Gasteiger partial charge is 0.240 e. The fraction of sp³-hybridized carbons (Fsp3) is 0. The third kappa shape index (κ3) is 2.44. The molecule has 0 saturated heterocycles. The quantitative estimate of drug-likeness (QED) is 0.736. The predicted molar refractivity (Wildman–Crippen MR) is 54.7 cm³/mol. The van der Waals surface area contributed by atoms with Gasteiger partial charge in [0.2, 0.25) is 5.95 Å². The maximum absolute atomic E-state index is 12.6. The average Bonchev–Trinajstić information content (AvgIpc) is 2.21. The van der Waals surface area contributed by atoms with Crippen LogP contribution in [0.4, 0.5) is 10.3 Å². The summed E-state index contributed by atoms with van der Waals surface area (Å²) in [7, 11) is 0. The summed E-state index contributed by atoms with van der Waals surface area (Å²) in [6, 6.07) is 5.93. The highest BCUT2D eigenvalue weighted by Crippen LogP contribution is 2.15. The van der Waals surface area contributed by atoms with Gasteiger partial charge in [-0.05, 0) is 24.3 Å². The van der Waals surface area contributed by atoms with Crippen molar-refractivity contribution in [2.24, 2.45) is 0 Å². The first-order chi connectivity index (χ1) is 6.75. The first-order valence-corrected chi connectivity index (χ1v) is 3.97. The van der Waals surface area contributed by atoms with Crippen molar-refractivity contribution in [3.8, 4) is 11.3 Å². The minimum Gasteiger partial charge on any atom is -0.366 e. The van der Waals surface area contributed by atoms with Crippen LogP contribution in [0.15, 0.2) is 30.5 Å². The van der Waals surface area contributed by atoms with Gasteiger partial charge in [0.25, 0.3) is 0 Å². The Labute approximate surface area is 85.8 Å². The number of hydrogen-bond donors (Lipinski definition) is 2. The van der Waals surface area contributed by atoms with Gasteiger partial charge in [0.05, 0.1) is 6.20 Å². The molecule has 0 spiro atoms. The summed E-state index contributed by atoms with van der Waals surface area (Å²) in [5.74, 6) is -0.166. The SMILES string of the molecule is N.Nc1ncc(-c2ccc(F)cc2)nn1. The van der Waals surface area contributed by atoms with Crippen molar-refractivity contribution in [1.82, 2.24) is 21.3 Å². The summed E-state index contributed by atoms with van der Waals surface area (Å²) in [6.45, 7) is 0. The molecule has 2 rings (SSSR count). The Morgan fingerprint density at radius 3 is 2.27 bits per heavy atom. The summed E-state index contributed by atoms with van der Waals surface area (Å²) < 4.78 is 12.6. The number of anilines is 1. The second-order valence-electron chi connectivity index (χ2n) is 2.71. The van der Waals surface area contributed by atoms with Crippen molar-refractivity contribution in [2.75, 3.05) is 5.73 Å². The van der Waals surface area contributed by atoms with E-state index in [1.807, 2.05) is 0 Å². The monoisotopic (exact) mass is 207 g/mol. The van der Waals surface area contributed by atoms with Crippen LogP contribution >= 0.6 is 0 Å². The van der Waals surface area contributed by atoms with E-state index in [1.54, 1.807) is 12.1 Å². The van der Waals surface area contributed by atoms with Crippen molar-refractivity contribution >= 4 is 5.95 Å². The molecule has 1 aromatic carbocycles. The highest BCUT2D eigenvalue weighted by atomic mass is 19.1. The van der Waals surface area contributed by atoms with Gasteiger partial charge in [-0.15, -0.1) is 10.2 Å². The van der Waals surface area contributed by atoms with Crippen molar-refractivity contribution in [3.63, 3.8) is 0 Å². The number of aromatic nitrogens is 3. The molecule has 0 amide bonds. The molecule has 1 aromatic heterocycles. The highest BCUT2D eigenvalue weighted by molar-refractivity contribution is 5.57. The molecular formula is C9H10FN5. The van der Waals surface area contributed by atoms with E-state index in [4.69, 9.17) is 5.73 Å². The maximum atomic E-state index is 12.6. The van der Waals surface area contributed by atoms with Gasteiger partial charge in [-0.1, -0.05) is 0 Å². The summed E-state index contributed by atoms with van der Waals surface area (Å²) in [6.07, 6.45) is 1.50. The van der Waals surface area contributed by atoms with Crippen LogP contribution in [0, 0.1) is 5.82 Å². The van der Waals surface area contributed by atoms with E-state index >= 15 is 0 Å². The predicted octanol–water partition coefficient (Wildman–Crippen LogP) is 1.42. The Bertz CT molecular complexity index is 382. The van der Waals surface area contributed by atoms with E-state index in [2.05, 4.69) is 15.2 Å². The van der Waals surface area contributed by atoms with Crippen LogP contribution < -0.4 is 11.9 Å². The zero-order valence-electron chi connectivity index (χ0n) is 7.89. The summed E-state index contributed by atoms with van der Waals surface area (Å²) >= 11 is 0. The third-order valence-electron chi connectivity index (χ3n) is 1.72. The van der Waals surface area contributed by atoms with Crippen molar-refractivity contribution in [1.29, 1.82) is 0 Å². The van der Waals surface area contributed by atoms with Crippen LogP contribution in [0.25, 0.3) is 11.3 Å². The van der Waals surface area contributed by atoms with Gasteiger partial charge in [-0.3, -0.25) is 0 Å². The first-order valence-electron chi connectivity index (χ1n) is 3.97. The molecule has 0 atom stereocenters. The van der Waals surface area contributed by atoms with E-state index < -0.39 is 0 Å². The molecule has 6 heteroatoms. The van der Waals surface area contributed by atoms with Gasteiger partial charge >= 0.3 is 0 Å². The highest BCUT2D eigenvalue weighted by Gasteiger charge is 2.00. The van der Waals surface area contributed by atoms with E-state index in [-0.39, 0.29) is 17.9 Å². The molecule has 5 nitrogen and oxygen atoms in total. The van der Waals surface area contributed by atoms with E-state index in [1.165, 1.54) is 18.3 Å². The van der Waals surface area contributed by atoms with E-state index in [0.29, 0.717) is 5.69 Å². The molecule has 78 valence electrons. The standard InChI is InChI=1S/C9H7FN4.H3N/c10-7-3-1-6(2-4-7)8-5-12-9(11)14-13-8;/h1-5H,(H2,11,12,14);1H3. The van der Waals surface area contributed by atoms with Crippen molar-refractivity contribution in [2.45, 2.75) is 0 Å². The molecule has 5 N–H and O–H groups in total. The average molecular weight is 207 g/mol. The van der Waals surface area contributed by atoms with E-state index in [9.17, 15) is 4.39 Å². The van der Waals surface area contributed by atoms with Crippen LogP contribution in [-0.4, -0.2) is 15.2 Å². The molecule has 1 heterocycles. The molecule has 15 heavy (non-hydrogen) atoms. The Hall–Kier alpha value is -2.08. The van der Waals surface area contributed by atoms with Crippen LogP contribution in [0.3, 0.4) is 0 Å². The largest absolute Gasteiger partial charge is 0.366 e. The summed E-state index contributed by atoms with van der Waals surface area (Å²) in [5.41, 5.74) is 6.61.